The highest BCUT2D eigenvalue weighted by atomic mass is 16.3. The van der Waals surface area contributed by atoms with E-state index in [1.807, 2.05) is 0 Å². The number of amides is 1. The van der Waals surface area contributed by atoms with Crippen molar-refractivity contribution in [1.82, 2.24) is 19.9 Å². The van der Waals surface area contributed by atoms with E-state index in [4.69, 9.17) is 4.42 Å². The average molecular weight is 281 g/mol. The van der Waals surface area contributed by atoms with Crippen molar-refractivity contribution < 1.29 is 9.21 Å². The Labute approximate surface area is 120 Å². The second kappa shape index (κ2) is 5.49. The zero-order chi connectivity index (χ0) is 14.7. The van der Waals surface area contributed by atoms with Gasteiger partial charge in [-0.25, -0.2) is 19.9 Å². The Hall–Kier alpha value is -3.09. The van der Waals surface area contributed by atoms with Crippen molar-refractivity contribution in [3.63, 3.8) is 0 Å². The Bertz CT molecular complexity index is 756. The summed E-state index contributed by atoms with van der Waals surface area (Å²) in [7, 11) is 0. The molecule has 0 atom stereocenters. The molecule has 0 aliphatic carbocycles. The first-order valence-electron chi connectivity index (χ1n) is 6.19. The van der Waals surface area contributed by atoms with E-state index < -0.39 is 0 Å². The molecule has 3 rings (SSSR count). The maximum absolute atomic E-state index is 11.1. The molecule has 0 fully saturated rings. The molecular formula is C14H11N5O2. The van der Waals surface area contributed by atoms with Gasteiger partial charge in [0.05, 0.1) is 18.2 Å². The van der Waals surface area contributed by atoms with Crippen LogP contribution in [-0.2, 0) is 4.79 Å². The summed E-state index contributed by atoms with van der Waals surface area (Å²) in [5.41, 5.74) is 1.68. The van der Waals surface area contributed by atoms with Crippen molar-refractivity contribution in [3.05, 3.63) is 43.2 Å². The zero-order valence-corrected chi connectivity index (χ0v) is 11.1. The van der Waals surface area contributed by atoms with E-state index >= 15 is 0 Å². The van der Waals surface area contributed by atoms with Crippen LogP contribution < -0.4 is 5.32 Å². The summed E-state index contributed by atoms with van der Waals surface area (Å²) < 4.78 is 5.38. The molecule has 7 nitrogen and oxygen atoms in total. The van der Waals surface area contributed by atoms with E-state index in [-0.39, 0.29) is 5.91 Å². The van der Waals surface area contributed by atoms with Gasteiger partial charge in [0, 0.05) is 13.1 Å². The minimum Gasteiger partial charge on any atom is -0.463 e. The van der Waals surface area contributed by atoms with Gasteiger partial charge in [0.25, 0.3) is 0 Å². The van der Waals surface area contributed by atoms with Crippen LogP contribution in [0.25, 0.3) is 22.8 Å². The molecule has 21 heavy (non-hydrogen) atoms. The number of carbonyl (C=O) groups is 1. The van der Waals surface area contributed by atoms with Gasteiger partial charge in [-0.05, 0) is 18.2 Å². The third kappa shape index (κ3) is 2.76. The van der Waals surface area contributed by atoms with Gasteiger partial charge in [0.15, 0.2) is 11.6 Å². The topological polar surface area (TPSA) is 93.8 Å². The molecule has 1 amide bonds. The van der Waals surface area contributed by atoms with Gasteiger partial charge in [0.2, 0.25) is 5.91 Å². The highest BCUT2D eigenvalue weighted by Crippen LogP contribution is 2.28. The smallest absolute Gasteiger partial charge is 0.222 e. The fraction of sp³-hybridized carbons (Fsp3) is 0.0714. The highest BCUT2D eigenvalue weighted by Gasteiger charge is 2.15. The molecule has 0 unspecified atom stereocenters. The molecule has 0 aromatic carbocycles. The van der Waals surface area contributed by atoms with Crippen LogP contribution in [-0.4, -0.2) is 25.8 Å². The Morgan fingerprint density at radius 3 is 2.81 bits per heavy atom. The molecule has 0 saturated heterocycles. The van der Waals surface area contributed by atoms with Crippen LogP contribution in [0.1, 0.15) is 6.92 Å². The molecule has 3 heterocycles. The van der Waals surface area contributed by atoms with Crippen molar-refractivity contribution >= 4 is 11.7 Å². The van der Waals surface area contributed by atoms with Gasteiger partial charge in [-0.2, -0.15) is 0 Å². The van der Waals surface area contributed by atoms with E-state index in [0.717, 1.165) is 0 Å². The van der Waals surface area contributed by atoms with Gasteiger partial charge in [0.1, 0.15) is 17.7 Å². The lowest BCUT2D eigenvalue weighted by atomic mass is 10.2. The highest BCUT2D eigenvalue weighted by molar-refractivity contribution is 5.88. The monoisotopic (exact) mass is 281 g/mol. The lowest BCUT2D eigenvalue weighted by Crippen LogP contribution is -2.09. The molecular weight excluding hydrogens is 270 g/mol. The van der Waals surface area contributed by atoms with Gasteiger partial charge in [-0.15, -0.1) is 0 Å². The van der Waals surface area contributed by atoms with Crippen LogP contribution in [0, 0.1) is 0 Å². The Morgan fingerprint density at radius 1 is 1.24 bits per heavy atom. The lowest BCUT2D eigenvalue weighted by Gasteiger charge is -2.07. The summed E-state index contributed by atoms with van der Waals surface area (Å²) in [5, 5.41) is 2.60. The third-order valence-electron chi connectivity index (χ3n) is 2.66. The number of hydrogen-bond acceptors (Lipinski definition) is 6. The van der Waals surface area contributed by atoms with Crippen LogP contribution in [0.5, 0.6) is 0 Å². The molecule has 0 aliphatic heterocycles. The van der Waals surface area contributed by atoms with Gasteiger partial charge in [-0.3, -0.25) is 4.79 Å². The number of rotatable bonds is 3. The predicted octanol–water partition coefficient (Wildman–Crippen LogP) is 2.15. The SMILES string of the molecule is CC(=O)Nc1cnc(-c2ccncn2)c(-c2ccco2)n1. The van der Waals surface area contributed by atoms with E-state index in [0.29, 0.717) is 28.7 Å². The zero-order valence-electron chi connectivity index (χ0n) is 11.1. The van der Waals surface area contributed by atoms with Gasteiger partial charge in [-0.1, -0.05) is 0 Å². The fourth-order valence-corrected chi connectivity index (χ4v) is 1.83. The molecule has 0 spiro atoms. The number of furan rings is 1. The first kappa shape index (κ1) is 12.9. The van der Waals surface area contributed by atoms with Crippen molar-refractivity contribution in [2.24, 2.45) is 0 Å². The molecule has 1 N–H and O–H groups in total. The third-order valence-corrected chi connectivity index (χ3v) is 2.66. The van der Waals surface area contributed by atoms with Crippen LogP contribution in [0.15, 0.2) is 47.6 Å². The Kier molecular flexibility index (Phi) is 3.38. The van der Waals surface area contributed by atoms with E-state index in [1.165, 1.54) is 19.4 Å². The minimum absolute atomic E-state index is 0.218. The van der Waals surface area contributed by atoms with Crippen molar-refractivity contribution in [1.29, 1.82) is 0 Å². The normalized spacial score (nSPS) is 10.3. The molecule has 0 bridgehead atoms. The van der Waals surface area contributed by atoms with E-state index in [2.05, 4.69) is 25.3 Å². The Balaban J connectivity index is 2.14. The molecule has 0 radical (unpaired) electrons. The lowest BCUT2D eigenvalue weighted by molar-refractivity contribution is -0.114. The van der Waals surface area contributed by atoms with Gasteiger partial charge >= 0.3 is 0 Å². The Morgan fingerprint density at radius 2 is 2.14 bits per heavy atom. The number of anilines is 1. The number of aromatic nitrogens is 4. The predicted molar refractivity (Wildman–Crippen MR) is 75.1 cm³/mol. The van der Waals surface area contributed by atoms with Crippen molar-refractivity contribution in [3.8, 4) is 22.8 Å². The quantitative estimate of drug-likeness (QED) is 0.790. The number of nitrogens with one attached hydrogen (secondary N) is 1. The van der Waals surface area contributed by atoms with E-state index in [9.17, 15) is 4.79 Å². The van der Waals surface area contributed by atoms with Gasteiger partial charge < -0.3 is 9.73 Å². The second-order valence-corrected chi connectivity index (χ2v) is 4.21. The summed E-state index contributed by atoms with van der Waals surface area (Å²) in [5.74, 6) is 0.680. The average Bonchev–Trinajstić information content (AvgIpc) is 3.01. The van der Waals surface area contributed by atoms with Crippen molar-refractivity contribution in [2.45, 2.75) is 6.92 Å². The summed E-state index contributed by atoms with van der Waals surface area (Å²) >= 11 is 0. The summed E-state index contributed by atoms with van der Waals surface area (Å²) in [6.45, 7) is 1.41. The molecule has 7 heteroatoms. The number of nitrogens with zero attached hydrogens (tertiary/aromatic N) is 4. The molecule has 0 aliphatic rings. The van der Waals surface area contributed by atoms with Crippen LogP contribution >= 0.6 is 0 Å². The summed E-state index contributed by atoms with van der Waals surface area (Å²) in [4.78, 5) is 27.9. The molecule has 104 valence electrons. The summed E-state index contributed by atoms with van der Waals surface area (Å²) in [6, 6.07) is 5.26. The maximum Gasteiger partial charge on any atom is 0.222 e. The molecule has 3 aromatic rings. The number of carbonyl (C=O) groups excluding carboxylic acids is 1. The van der Waals surface area contributed by atoms with E-state index in [1.54, 1.807) is 30.7 Å². The van der Waals surface area contributed by atoms with Crippen LogP contribution in [0.4, 0.5) is 5.82 Å². The van der Waals surface area contributed by atoms with Crippen LogP contribution in [0.3, 0.4) is 0 Å². The largest absolute Gasteiger partial charge is 0.463 e. The molecule has 0 saturated carbocycles. The first-order valence-corrected chi connectivity index (χ1v) is 6.19. The first-order chi connectivity index (χ1) is 10.2. The second-order valence-electron chi connectivity index (χ2n) is 4.21. The summed E-state index contributed by atoms with van der Waals surface area (Å²) in [6.07, 6.45) is 6.08. The fourth-order valence-electron chi connectivity index (χ4n) is 1.83. The maximum atomic E-state index is 11.1. The minimum atomic E-state index is -0.218. The standard InChI is InChI=1S/C14H11N5O2/c1-9(20)18-12-7-16-13(10-4-5-15-8-17-10)14(19-12)11-3-2-6-21-11/h2-8H,1H3,(H,18,19,20). The van der Waals surface area contributed by atoms with Crippen LogP contribution in [0.2, 0.25) is 0 Å². The van der Waals surface area contributed by atoms with Crippen molar-refractivity contribution in [2.75, 3.05) is 5.32 Å². The molecule has 3 aromatic heterocycles. The number of hydrogen-bond donors (Lipinski definition) is 1.